The fourth-order valence-corrected chi connectivity index (χ4v) is 1.84. The molecule has 0 atom stereocenters. The Labute approximate surface area is 114 Å². The monoisotopic (exact) mass is 283 g/mol. The molecule has 0 aliphatic rings. The first-order valence-electron chi connectivity index (χ1n) is 5.60. The molecule has 0 aromatic carbocycles. The van der Waals surface area contributed by atoms with Crippen molar-refractivity contribution in [3.63, 3.8) is 0 Å². The van der Waals surface area contributed by atoms with Crippen LogP contribution in [0.2, 0.25) is 5.02 Å². The van der Waals surface area contributed by atoms with Crippen molar-refractivity contribution in [3.8, 4) is 0 Å². The number of rotatable bonds is 4. The molecule has 0 aliphatic heterocycles. The molecular formula is C11H14ClN5O2. The van der Waals surface area contributed by atoms with E-state index >= 15 is 0 Å². The highest BCUT2D eigenvalue weighted by molar-refractivity contribution is 6.31. The molecule has 2 heterocycles. The summed E-state index contributed by atoms with van der Waals surface area (Å²) in [6, 6.07) is 1.61. The van der Waals surface area contributed by atoms with E-state index in [0.29, 0.717) is 22.2 Å². The minimum absolute atomic E-state index is 0.00561. The van der Waals surface area contributed by atoms with Crippen LogP contribution in [0.1, 0.15) is 11.4 Å². The molecular weight excluding hydrogens is 270 g/mol. The van der Waals surface area contributed by atoms with Crippen molar-refractivity contribution in [1.29, 1.82) is 0 Å². The molecule has 0 saturated heterocycles. The van der Waals surface area contributed by atoms with Gasteiger partial charge < -0.3 is 10.5 Å². The van der Waals surface area contributed by atoms with E-state index in [4.69, 9.17) is 22.1 Å². The molecule has 8 heteroatoms. The first-order valence-corrected chi connectivity index (χ1v) is 5.97. The van der Waals surface area contributed by atoms with Crippen molar-refractivity contribution >= 4 is 23.4 Å². The Morgan fingerprint density at radius 1 is 1.53 bits per heavy atom. The molecule has 0 spiro atoms. The fourth-order valence-electron chi connectivity index (χ4n) is 1.63. The Morgan fingerprint density at radius 3 is 2.79 bits per heavy atom. The van der Waals surface area contributed by atoms with Crippen molar-refractivity contribution in [2.45, 2.75) is 20.1 Å². The van der Waals surface area contributed by atoms with E-state index in [1.54, 1.807) is 30.9 Å². The zero-order chi connectivity index (χ0) is 14.0. The van der Waals surface area contributed by atoms with E-state index in [1.165, 1.54) is 4.68 Å². The van der Waals surface area contributed by atoms with Crippen molar-refractivity contribution in [2.75, 3.05) is 5.73 Å². The maximum absolute atomic E-state index is 11.6. The second-order valence-corrected chi connectivity index (χ2v) is 4.45. The first-order chi connectivity index (χ1) is 8.97. The van der Waals surface area contributed by atoms with Gasteiger partial charge in [0.2, 0.25) is 0 Å². The van der Waals surface area contributed by atoms with E-state index < -0.39 is 5.97 Å². The lowest BCUT2D eigenvalue weighted by atomic mass is 10.4. The van der Waals surface area contributed by atoms with Crippen LogP contribution in [-0.2, 0) is 29.7 Å². The lowest BCUT2D eigenvalue weighted by molar-refractivity contribution is -0.146. The van der Waals surface area contributed by atoms with Crippen LogP contribution in [0, 0.1) is 6.92 Å². The molecule has 0 radical (unpaired) electrons. The summed E-state index contributed by atoms with van der Waals surface area (Å²) in [5, 5.41) is 8.54. The van der Waals surface area contributed by atoms with E-state index in [1.807, 2.05) is 0 Å². The fraction of sp³-hybridized carbons (Fsp3) is 0.364. The molecule has 0 unspecified atom stereocenters. The van der Waals surface area contributed by atoms with Crippen LogP contribution in [-0.4, -0.2) is 25.5 Å². The van der Waals surface area contributed by atoms with Crippen LogP contribution in [0.4, 0.5) is 5.82 Å². The largest absolute Gasteiger partial charge is 0.458 e. The highest BCUT2D eigenvalue weighted by Crippen LogP contribution is 2.20. The van der Waals surface area contributed by atoms with Crippen LogP contribution in [0.25, 0.3) is 0 Å². The summed E-state index contributed by atoms with van der Waals surface area (Å²) in [4.78, 5) is 11.6. The van der Waals surface area contributed by atoms with Crippen LogP contribution >= 0.6 is 11.6 Å². The topological polar surface area (TPSA) is 88.0 Å². The zero-order valence-electron chi connectivity index (χ0n) is 10.6. The predicted molar refractivity (Wildman–Crippen MR) is 69.4 cm³/mol. The number of nitrogen functional groups attached to an aromatic ring is 1. The molecule has 0 fully saturated rings. The molecule has 2 rings (SSSR count). The number of carbonyl (C=O) groups excluding carboxylic acids is 1. The van der Waals surface area contributed by atoms with Gasteiger partial charge in [0.15, 0.2) is 0 Å². The quantitative estimate of drug-likeness (QED) is 0.843. The summed E-state index contributed by atoms with van der Waals surface area (Å²) >= 11 is 6.05. The van der Waals surface area contributed by atoms with Gasteiger partial charge in [0.25, 0.3) is 0 Å². The number of carbonyl (C=O) groups is 1. The highest BCUT2D eigenvalue weighted by Gasteiger charge is 2.13. The Kier molecular flexibility index (Phi) is 3.75. The van der Waals surface area contributed by atoms with Gasteiger partial charge in [0.1, 0.15) is 19.0 Å². The Hall–Kier alpha value is -2.02. The lowest BCUT2D eigenvalue weighted by Gasteiger charge is -2.05. The van der Waals surface area contributed by atoms with Gasteiger partial charge in [-0.3, -0.25) is 14.2 Å². The van der Waals surface area contributed by atoms with Gasteiger partial charge in [-0.1, -0.05) is 11.6 Å². The number of esters is 1. The van der Waals surface area contributed by atoms with Gasteiger partial charge in [-0.15, -0.1) is 0 Å². The second-order valence-electron chi connectivity index (χ2n) is 4.07. The van der Waals surface area contributed by atoms with Crippen molar-refractivity contribution < 1.29 is 9.53 Å². The zero-order valence-corrected chi connectivity index (χ0v) is 11.4. The number of hydrogen-bond acceptors (Lipinski definition) is 5. The number of anilines is 1. The van der Waals surface area contributed by atoms with Crippen LogP contribution < -0.4 is 5.73 Å². The lowest BCUT2D eigenvalue weighted by Crippen LogP contribution is -2.15. The average molecular weight is 284 g/mol. The predicted octanol–water partition coefficient (Wildman–Crippen LogP) is 0.904. The van der Waals surface area contributed by atoms with E-state index in [0.717, 1.165) is 0 Å². The van der Waals surface area contributed by atoms with E-state index in [9.17, 15) is 4.79 Å². The number of halogens is 1. The van der Waals surface area contributed by atoms with Gasteiger partial charge in [-0.25, -0.2) is 0 Å². The number of nitrogens with two attached hydrogens (primary N) is 1. The number of hydrogen-bond donors (Lipinski definition) is 1. The molecule has 2 aromatic heterocycles. The maximum atomic E-state index is 11.6. The third kappa shape index (κ3) is 3.05. The van der Waals surface area contributed by atoms with Gasteiger partial charge in [0, 0.05) is 13.2 Å². The minimum Gasteiger partial charge on any atom is -0.458 e. The van der Waals surface area contributed by atoms with Crippen LogP contribution in [0.15, 0.2) is 12.3 Å². The van der Waals surface area contributed by atoms with Crippen LogP contribution in [0.3, 0.4) is 0 Å². The van der Waals surface area contributed by atoms with E-state index in [-0.39, 0.29) is 13.2 Å². The summed E-state index contributed by atoms with van der Waals surface area (Å²) in [7, 11) is 1.75. The first kappa shape index (κ1) is 13.4. The van der Waals surface area contributed by atoms with Gasteiger partial charge >= 0.3 is 5.97 Å². The third-order valence-electron chi connectivity index (χ3n) is 2.58. The molecule has 0 bridgehead atoms. The SMILES string of the molecule is Cc1nn(C)c(COC(=O)Cn2ccc(N)n2)c1Cl. The standard InChI is InChI=1S/C11H14ClN5O2/c1-7-11(12)8(16(2)14-7)6-19-10(18)5-17-4-3-9(13)15-17/h3-4H,5-6H2,1-2H3,(H2,13,15). The number of aryl methyl sites for hydroxylation is 2. The van der Waals surface area contributed by atoms with Crippen molar-refractivity contribution in [1.82, 2.24) is 19.6 Å². The normalized spacial score (nSPS) is 10.7. The molecule has 7 nitrogen and oxygen atoms in total. The number of ether oxygens (including phenoxy) is 1. The summed E-state index contributed by atoms with van der Waals surface area (Å²) in [6.07, 6.45) is 1.61. The Morgan fingerprint density at radius 2 is 2.26 bits per heavy atom. The summed E-state index contributed by atoms with van der Waals surface area (Å²) < 4.78 is 8.13. The number of aromatic nitrogens is 4. The molecule has 2 N–H and O–H groups in total. The molecule has 2 aromatic rings. The second kappa shape index (κ2) is 5.31. The van der Waals surface area contributed by atoms with Gasteiger partial charge in [-0.05, 0) is 13.0 Å². The molecule has 19 heavy (non-hydrogen) atoms. The van der Waals surface area contributed by atoms with Crippen molar-refractivity contribution in [2.24, 2.45) is 7.05 Å². The molecule has 0 saturated carbocycles. The molecule has 0 amide bonds. The maximum Gasteiger partial charge on any atom is 0.328 e. The van der Waals surface area contributed by atoms with Gasteiger partial charge in [-0.2, -0.15) is 10.2 Å². The van der Waals surface area contributed by atoms with Crippen LogP contribution in [0.5, 0.6) is 0 Å². The summed E-state index contributed by atoms with van der Waals surface area (Å²) in [6.45, 7) is 1.87. The Bertz CT molecular complexity index is 604. The van der Waals surface area contributed by atoms with Gasteiger partial charge in [0.05, 0.1) is 16.4 Å². The molecule has 102 valence electrons. The Balaban J connectivity index is 1.93. The highest BCUT2D eigenvalue weighted by atomic mass is 35.5. The minimum atomic E-state index is -0.419. The molecule has 0 aliphatic carbocycles. The van der Waals surface area contributed by atoms with E-state index in [2.05, 4.69) is 10.2 Å². The smallest absolute Gasteiger partial charge is 0.328 e. The number of nitrogens with zero attached hydrogens (tertiary/aromatic N) is 4. The average Bonchev–Trinajstić information content (AvgIpc) is 2.83. The van der Waals surface area contributed by atoms with Crippen molar-refractivity contribution in [3.05, 3.63) is 28.7 Å². The summed E-state index contributed by atoms with van der Waals surface area (Å²) in [5.74, 6) is -0.0591. The summed E-state index contributed by atoms with van der Waals surface area (Å²) in [5.41, 5.74) is 6.81. The third-order valence-corrected chi connectivity index (χ3v) is 3.08.